The molecular formula is C51H42N6O10. The van der Waals surface area contributed by atoms with Crippen LogP contribution in [0.2, 0.25) is 0 Å². The number of carbonyl (C=O) groups excluding carboxylic acids is 6. The van der Waals surface area contributed by atoms with Crippen LogP contribution in [-0.2, 0) is 66.4 Å². The molecule has 0 saturated heterocycles. The van der Waals surface area contributed by atoms with Crippen LogP contribution in [0.15, 0.2) is 110 Å². The first-order valence-electron chi connectivity index (χ1n) is 21.4. The highest BCUT2D eigenvalue weighted by Crippen LogP contribution is 2.41. The van der Waals surface area contributed by atoms with Crippen molar-refractivity contribution in [2.24, 2.45) is 28.2 Å². The highest BCUT2D eigenvalue weighted by molar-refractivity contribution is 6.51. The van der Waals surface area contributed by atoms with Crippen molar-refractivity contribution in [2.75, 3.05) is 20.0 Å². The number of imide groups is 2. The van der Waals surface area contributed by atoms with E-state index < -0.39 is 35.6 Å². The molecule has 8 aromatic rings. The predicted octanol–water partition coefficient (Wildman–Crippen LogP) is 6.07. The zero-order valence-electron chi connectivity index (χ0n) is 36.8. The zero-order chi connectivity index (χ0) is 46.7. The summed E-state index contributed by atoms with van der Waals surface area (Å²) >= 11 is 0. The van der Waals surface area contributed by atoms with E-state index in [0.29, 0.717) is 66.7 Å². The molecule has 0 atom stereocenters. The average Bonchev–Trinajstić information content (AvgIpc) is 4.13. The first-order valence-corrected chi connectivity index (χ1v) is 21.4. The first kappa shape index (κ1) is 42.6. The fourth-order valence-corrected chi connectivity index (χ4v) is 9.13. The topological polar surface area (TPSA) is 183 Å². The quantitative estimate of drug-likeness (QED) is 0.0427. The SMILES string of the molecule is Cn1cc(C2=C(c3cn(C)c4cc(OC(=O)CCOCOCCC(=O)Oc5ccc6c(C7=C(c8cn(C)c9ccccc89)C(=O)NC7=O)cn(C)c6c5)ccc34)C(=O)NC2=O)c2ccccc21. The Kier molecular flexibility index (Phi) is 10.7. The van der Waals surface area contributed by atoms with Crippen LogP contribution >= 0.6 is 0 Å². The second kappa shape index (κ2) is 16.9. The van der Waals surface area contributed by atoms with Crippen LogP contribution in [0.4, 0.5) is 0 Å². The first-order chi connectivity index (χ1) is 32.4. The van der Waals surface area contributed by atoms with Crippen LogP contribution in [0.25, 0.3) is 65.9 Å². The van der Waals surface area contributed by atoms with Crippen molar-refractivity contribution >= 4 is 101 Å². The molecule has 2 aliphatic heterocycles. The van der Waals surface area contributed by atoms with Gasteiger partial charge < -0.3 is 37.2 Å². The number of fused-ring (bicyclic) bond motifs is 4. The van der Waals surface area contributed by atoms with E-state index in [2.05, 4.69) is 10.6 Å². The van der Waals surface area contributed by atoms with E-state index in [1.165, 1.54) is 0 Å². The Bertz CT molecular complexity index is 3290. The van der Waals surface area contributed by atoms with Crippen LogP contribution in [0.5, 0.6) is 11.5 Å². The standard InChI is InChI=1S/C51H42N6O10/c1-54-23-34(30-9-5-7-11-38(30)54)44-46(50(62)52-48(44)60)36-25-56(3)40-21-28(13-15-32(36)40)66-42(58)17-19-64-27-65-20-18-43(59)67-29-14-16-33-37(26-57(4)41(33)22-29)47-45(49(61)53-51(47)63)35-24-55(2)39-12-8-6-10-31(35)39/h5-16,21-26H,17-20,27H2,1-4H3,(H,52,60,62)(H,53,61,63). The lowest BCUT2D eigenvalue weighted by molar-refractivity contribution is -0.138. The van der Waals surface area contributed by atoms with Gasteiger partial charge in [0.25, 0.3) is 23.6 Å². The summed E-state index contributed by atoms with van der Waals surface area (Å²) in [6.45, 7) is -0.165. The number of esters is 2. The van der Waals surface area contributed by atoms with Gasteiger partial charge in [0.2, 0.25) is 0 Å². The van der Waals surface area contributed by atoms with Gasteiger partial charge in [0.1, 0.15) is 18.3 Å². The fraction of sp³-hybridized carbons (Fsp3) is 0.176. The summed E-state index contributed by atoms with van der Waals surface area (Å²) in [6.07, 6.45) is 7.13. The molecule has 4 aromatic heterocycles. The van der Waals surface area contributed by atoms with Crippen LogP contribution in [0, 0.1) is 0 Å². The van der Waals surface area contributed by atoms with Crippen molar-refractivity contribution in [3.05, 3.63) is 132 Å². The van der Waals surface area contributed by atoms with E-state index in [9.17, 15) is 28.8 Å². The molecule has 336 valence electrons. The Morgan fingerprint density at radius 3 is 1.15 bits per heavy atom. The maximum absolute atomic E-state index is 13.3. The van der Waals surface area contributed by atoms with E-state index in [1.54, 1.807) is 48.8 Å². The van der Waals surface area contributed by atoms with Crippen LogP contribution in [-0.4, -0.2) is 73.8 Å². The van der Waals surface area contributed by atoms with Gasteiger partial charge in [0.15, 0.2) is 0 Å². The number of benzene rings is 4. The Balaban J connectivity index is 0.718. The lowest BCUT2D eigenvalue weighted by atomic mass is 9.95. The summed E-state index contributed by atoms with van der Waals surface area (Å²) in [6, 6.07) is 25.5. The smallest absolute Gasteiger partial charge is 0.313 e. The summed E-state index contributed by atoms with van der Waals surface area (Å²) in [5.41, 5.74) is 6.86. The number of ether oxygens (including phenoxy) is 4. The number of nitrogens with one attached hydrogen (secondary N) is 2. The van der Waals surface area contributed by atoms with Crippen molar-refractivity contribution in [1.29, 1.82) is 0 Å². The number of carbonyl (C=O) groups is 6. The van der Waals surface area contributed by atoms with Crippen molar-refractivity contribution in [1.82, 2.24) is 28.9 Å². The molecule has 0 saturated carbocycles. The normalized spacial score (nSPS) is 14.1. The monoisotopic (exact) mass is 898 g/mol. The van der Waals surface area contributed by atoms with Gasteiger partial charge in [-0.15, -0.1) is 0 Å². The Morgan fingerprint density at radius 1 is 0.448 bits per heavy atom. The van der Waals surface area contributed by atoms with Crippen molar-refractivity contribution in [3.8, 4) is 11.5 Å². The van der Waals surface area contributed by atoms with Crippen LogP contribution < -0.4 is 20.1 Å². The van der Waals surface area contributed by atoms with E-state index in [0.717, 1.165) is 21.8 Å². The Labute approximate surface area is 381 Å². The molecular weight excluding hydrogens is 857 g/mol. The number of rotatable bonds is 14. The number of nitrogens with zero attached hydrogens (tertiary/aromatic N) is 4. The van der Waals surface area contributed by atoms with Gasteiger partial charge in [0.05, 0.1) is 59.4 Å². The van der Waals surface area contributed by atoms with E-state index in [1.807, 2.05) is 107 Å². The minimum Gasteiger partial charge on any atom is -0.426 e. The predicted molar refractivity (Wildman–Crippen MR) is 249 cm³/mol. The van der Waals surface area contributed by atoms with Gasteiger partial charge in [-0.1, -0.05) is 36.4 Å². The number of aromatic nitrogens is 4. The highest BCUT2D eigenvalue weighted by atomic mass is 16.7. The van der Waals surface area contributed by atoms with Crippen molar-refractivity contribution in [2.45, 2.75) is 12.8 Å². The van der Waals surface area contributed by atoms with Crippen LogP contribution in [0.3, 0.4) is 0 Å². The lowest BCUT2D eigenvalue weighted by Gasteiger charge is -2.08. The molecule has 16 heteroatoms. The Hall–Kier alpha value is -8.34. The highest BCUT2D eigenvalue weighted by Gasteiger charge is 2.37. The third-order valence-electron chi connectivity index (χ3n) is 12.2. The fourth-order valence-electron chi connectivity index (χ4n) is 9.13. The van der Waals surface area contributed by atoms with Gasteiger partial charge in [-0.05, 0) is 36.4 Å². The average molecular weight is 899 g/mol. The number of para-hydroxylation sites is 2. The molecule has 0 radical (unpaired) electrons. The minimum absolute atomic E-state index is 0.00287. The zero-order valence-corrected chi connectivity index (χ0v) is 36.8. The van der Waals surface area contributed by atoms with Gasteiger partial charge in [0, 0.05) is 120 Å². The largest absolute Gasteiger partial charge is 0.426 e. The minimum atomic E-state index is -0.539. The number of amides is 4. The van der Waals surface area contributed by atoms with Gasteiger partial charge in [-0.25, -0.2) is 0 Å². The molecule has 0 unspecified atom stereocenters. The van der Waals surface area contributed by atoms with Crippen molar-refractivity contribution < 1.29 is 47.7 Å². The summed E-state index contributed by atoms with van der Waals surface area (Å²) in [4.78, 5) is 78.5. The molecule has 0 aliphatic carbocycles. The van der Waals surface area contributed by atoms with E-state index in [-0.39, 0.29) is 44.0 Å². The molecule has 0 spiro atoms. The molecule has 2 aliphatic rings. The van der Waals surface area contributed by atoms with E-state index >= 15 is 0 Å². The molecule has 2 N–H and O–H groups in total. The molecule has 0 fully saturated rings. The maximum atomic E-state index is 13.3. The summed E-state index contributed by atoms with van der Waals surface area (Å²) in [5, 5.41) is 8.06. The molecule has 6 heterocycles. The summed E-state index contributed by atoms with van der Waals surface area (Å²) < 4.78 is 29.6. The summed E-state index contributed by atoms with van der Waals surface area (Å²) in [5.74, 6) is -2.39. The molecule has 67 heavy (non-hydrogen) atoms. The van der Waals surface area contributed by atoms with Crippen molar-refractivity contribution in [3.63, 3.8) is 0 Å². The lowest BCUT2D eigenvalue weighted by Crippen LogP contribution is -2.22. The molecule has 16 nitrogen and oxygen atoms in total. The van der Waals surface area contributed by atoms with Crippen LogP contribution in [0.1, 0.15) is 35.1 Å². The molecule has 10 rings (SSSR count). The second-order valence-electron chi connectivity index (χ2n) is 16.5. The summed E-state index contributed by atoms with van der Waals surface area (Å²) in [7, 11) is 7.40. The molecule has 4 amide bonds. The Morgan fingerprint density at radius 2 is 0.776 bits per heavy atom. The van der Waals surface area contributed by atoms with Gasteiger partial charge in [-0.3, -0.25) is 39.4 Å². The third-order valence-corrected chi connectivity index (χ3v) is 12.2. The number of hydrogen-bond donors (Lipinski definition) is 2. The number of aryl methyl sites for hydroxylation is 4. The molecule has 0 bridgehead atoms. The van der Waals surface area contributed by atoms with E-state index in [4.69, 9.17) is 18.9 Å². The van der Waals surface area contributed by atoms with Gasteiger partial charge >= 0.3 is 11.9 Å². The van der Waals surface area contributed by atoms with Gasteiger partial charge in [-0.2, -0.15) is 0 Å². The number of hydrogen-bond acceptors (Lipinski definition) is 10. The third kappa shape index (κ3) is 7.57. The maximum Gasteiger partial charge on any atom is 0.313 e. The molecule has 4 aromatic carbocycles. The second-order valence-corrected chi connectivity index (χ2v) is 16.5.